The molecule has 1 unspecified atom stereocenters. The number of carboxylic acids is 1. The number of aliphatic carboxylic acids is 1. The maximum atomic E-state index is 11.6. The van der Waals surface area contributed by atoms with E-state index in [1.807, 2.05) is 49.4 Å². The van der Waals surface area contributed by atoms with Crippen molar-refractivity contribution in [2.24, 2.45) is 0 Å². The molecule has 35 heavy (non-hydrogen) atoms. The molecule has 3 aromatic carbocycles. The quantitative estimate of drug-likeness (QED) is 0.277. The molecule has 2 N–H and O–H groups in total. The summed E-state index contributed by atoms with van der Waals surface area (Å²) in [5.74, 6) is 0.480. The number of nitrogens with one attached hydrogen (secondary N) is 1. The van der Waals surface area contributed by atoms with Gasteiger partial charge < -0.3 is 14.9 Å². The van der Waals surface area contributed by atoms with Crippen LogP contribution in [0, 0.1) is 6.92 Å². The molecule has 5 nitrogen and oxygen atoms in total. The van der Waals surface area contributed by atoms with Gasteiger partial charge in [0.15, 0.2) is 5.76 Å². The summed E-state index contributed by atoms with van der Waals surface area (Å²) < 4.78 is 5.68. The Morgan fingerprint density at radius 3 is 2.17 bits per heavy atom. The van der Waals surface area contributed by atoms with E-state index in [1.54, 1.807) is 0 Å². The standard InChI is InChI=1S/C30H30N2O3/c1-20(22-6-4-3-5-7-22)16-19-31-27-21(2)32-35-28(27)25-10-8-23(9-11-25)24-12-14-26(15-13-24)30(17-18-30)29(33)34/h3-15,20,31H,16-19H2,1-2H3,(H,33,34). The second-order valence-electron chi connectivity index (χ2n) is 9.54. The molecule has 1 fully saturated rings. The number of hydrogen-bond donors (Lipinski definition) is 2. The zero-order valence-corrected chi connectivity index (χ0v) is 20.1. The van der Waals surface area contributed by atoms with Crippen LogP contribution in [0.4, 0.5) is 5.69 Å². The van der Waals surface area contributed by atoms with E-state index in [2.05, 4.69) is 53.8 Å². The van der Waals surface area contributed by atoms with Crippen LogP contribution in [0.3, 0.4) is 0 Å². The maximum Gasteiger partial charge on any atom is 0.314 e. The third kappa shape index (κ3) is 4.59. The van der Waals surface area contributed by atoms with Gasteiger partial charge in [-0.05, 0) is 54.4 Å². The molecule has 178 valence electrons. The van der Waals surface area contributed by atoms with Crippen LogP contribution >= 0.6 is 0 Å². The van der Waals surface area contributed by atoms with Gasteiger partial charge in [-0.1, -0.05) is 90.9 Å². The first-order chi connectivity index (χ1) is 17.0. The Hall–Kier alpha value is -3.86. The van der Waals surface area contributed by atoms with Crippen LogP contribution in [-0.2, 0) is 10.2 Å². The van der Waals surface area contributed by atoms with Gasteiger partial charge in [-0.25, -0.2) is 0 Å². The monoisotopic (exact) mass is 466 g/mol. The molecule has 1 aliphatic rings. The fraction of sp³-hybridized carbons (Fsp3) is 0.267. The van der Waals surface area contributed by atoms with Gasteiger partial charge in [-0.15, -0.1) is 0 Å². The Bertz CT molecular complexity index is 1300. The minimum absolute atomic E-state index is 0.461. The van der Waals surface area contributed by atoms with Gasteiger partial charge in [0.2, 0.25) is 0 Å². The van der Waals surface area contributed by atoms with E-state index in [1.165, 1.54) is 5.56 Å². The lowest BCUT2D eigenvalue weighted by atomic mass is 9.93. The normalized spacial score (nSPS) is 14.9. The summed E-state index contributed by atoms with van der Waals surface area (Å²) in [6.45, 7) is 5.03. The van der Waals surface area contributed by atoms with Gasteiger partial charge in [-0.3, -0.25) is 4.79 Å². The van der Waals surface area contributed by atoms with Crippen molar-refractivity contribution in [3.8, 4) is 22.5 Å². The highest BCUT2D eigenvalue weighted by molar-refractivity contribution is 5.85. The minimum Gasteiger partial charge on any atom is -0.481 e. The van der Waals surface area contributed by atoms with Crippen LogP contribution in [0.1, 0.15) is 48.9 Å². The minimum atomic E-state index is -0.726. The van der Waals surface area contributed by atoms with Crippen molar-refractivity contribution in [3.05, 3.63) is 95.7 Å². The molecule has 4 aromatic rings. The van der Waals surface area contributed by atoms with E-state index in [4.69, 9.17) is 4.52 Å². The topological polar surface area (TPSA) is 75.4 Å². The van der Waals surface area contributed by atoms with E-state index in [0.29, 0.717) is 18.8 Å². The van der Waals surface area contributed by atoms with E-state index < -0.39 is 11.4 Å². The molecule has 0 bridgehead atoms. The van der Waals surface area contributed by atoms with Crippen LogP contribution in [0.5, 0.6) is 0 Å². The highest BCUT2D eigenvalue weighted by Gasteiger charge is 2.51. The lowest BCUT2D eigenvalue weighted by Crippen LogP contribution is -2.19. The zero-order chi connectivity index (χ0) is 24.4. The van der Waals surface area contributed by atoms with Gasteiger partial charge in [0.05, 0.1) is 5.41 Å². The molecule has 5 rings (SSSR count). The Balaban J connectivity index is 1.27. The molecule has 5 heteroatoms. The third-order valence-corrected chi connectivity index (χ3v) is 7.19. The summed E-state index contributed by atoms with van der Waals surface area (Å²) in [6, 6.07) is 26.7. The van der Waals surface area contributed by atoms with E-state index >= 15 is 0 Å². The maximum absolute atomic E-state index is 11.6. The van der Waals surface area contributed by atoms with E-state index in [9.17, 15) is 9.90 Å². The number of benzene rings is 3. The van der Waals surface area contributed by atoms with Gasteiger partial charge >= 0.3 is 5.97 Å². The van der Waals surface area contributed by atoms with Crippen molar-refractivity contribution in [3.63, 3.8) is 0 Å². The number of anilines is 1. The molecule has 1 atom stereocenters. The van der Waals surface area contributed by atoms with Crippen LogP contribution < -0.4 is 5.32 Å². The van der Waals surface area contributed by atoms with Crippen molar-refractivity contribution < 1.29 is 14.4 Å². The molecule has 1 aromatic heterocycles. The summed E-state index contributed by atoms with van der Waals surface area (Å²) in [5, 5.41) is 17.3. The van der Waals surface area contributed by atoms with Gasteiger partial charge in [0.1, 0.15) is 11.4 Å². The number of aromatic nitrogens is 1. The van der Waals surface area contributed by atoms with Crippen LogP contribution in [0.25, 0.3) is 22.5 Å². The second-order valence-corrected chi connectivity index (χ2v) is 9.54. The number of nitrogens with zero attached hydrogens (tertiary/aromatic N) is 1. The highest BCUT2D eigenvalue weighted by Crippen LogP contribution is 2.48. The fourth-order valence-electron chi connectivity index (χ4n) is 4.68. The largest absolute Gasteiger partial charge is 0.481 e. The summed E-state index contributed by atoms with van der Waals surface area (Å²) >= 11 is 0. The Kier molecular flexibility index (Phi) is 6.16. The first-order valence-electron chi connectivity index (χ1n) is 12.2. The van der Waals surface area contributed by atoms with Gasteiger partial charge in [0.25, 0.3) is 0 Å². The van der Waals surface area contributed by atoms with Crippen molar-refractivity contribution in [1.29, 1.82) is 0 Å². The lowest BCUT2D eigenvalue weighted by molar-refractivity contribution is -0.140. The molecular formula is C30H30N2O3. The van der Waals surface area contributed by atoms with E-state index in [-0.39, 0.29) is 0 Å². The molecule has 0 saturated heterocycles. The van der Waals surface area contributed by atoms with Crippen molar-refractivity contribution in [2.45, 2.75) is 44.4 Å². The summed E-state index contributed by atoms with van der Waals surface area (Å²) in [5.41, 5.74) is 6.44. The average Bonchev–Trinajstić information content (AvgIpc) is 3.63. The Morgan fingerprint density at radius 1 is 0.971 bits per heavy atom. The summed E-state index contributed by atoms with van der Waals surface area (Å²) in [6.07, 6.45) is 2.44. The first-order valence-corrected chi connectivity index (χ1v) is 12.2. The van der Waals surface area contributed by atoms with Gasteiger partial charge in [-0.2, -0.15) is 0 Å². The molecule has 1 heterocycles. The molecule has 0 amide bonds. The number of carbonyl (C=O) groups is 1. The molecule has 1 saturated carbocycles. The van der Waals surface area contributed by atoms with Crippen LogP contribution in [-0.4, -0.2) is 22.8 Å². The number of hydrogen-bond acceptors (Lipinski definition) is 4. The highest BCUT2D eigenvalue weighted by atomic mass is 16.5. The molecule has 0 aliphatic heterocycles. The van der Waals surface area contributed by atoms with Crippen molar-refractivity contribution in [1.82, 2.24) is 5.16 Å². The molecule has 0 radical (unpaired) electrons. The van der Waals surface area contributed by atoms with Crippen LogP contribution in [0.15, 0.2) is 83.4 Å². The molecule has 1 aliphatic carbocycles. The smallest absolute Gasteiger partial charge is 0.314 e. The van der Waals surface area contributed by atoms with Crippen LogP contribution in [0.2, 0.25) is 0 Å². The van der Waals surface area contributed by atoms with Gasteiger partial charge in [0, 0.05) is 12.1 Å². The molecule has 0 spiro atoms. The van der Waals surface area contributed by atoms with Crippen molar-refractivity contribution >= 4 is 11.7 Å². The predicted octanol–water partition coefficient (Wildman–Crippen LogP) is 7.04. The first kappa shape index (κ1) is 22.9. The number of carboxylic acid groups (broad SMARTS) is 1. The van der Waals surface area contributed by atoms with E-state index in [0.717, 1.165) is 52.4 Å². The Morgan fingerprint density at radius 2 is 1.57 bits per heavy atom. The summed E-state index contributed by atoms with van der Waals surface area (Å²) in [4.78, 5) is 11.6. The predicted molar refractivity (Wildman–Crippen MR) is 139 cm³/mol. The second kappa shape index (κ2) is 9.41. The molecular weight excluding hydrogens is 436 g/mol. The number of aryl methyl sites for hydroxylation is 1. The third-order valence-electron chi connectivity index (χ3n) is 7.19. The van der Waals surface area contributed by atoms with Crippen molar-refractivity contribution in [2.75, 3.05) is 11.9 Å². The SMILES string of the molecule is Cc1noc(-c2ccc(-c3ccc(C4(C(=O)O)CC4)cc3)cc2)c1NCCC(C)c1ccccc1. The zero-order valence-electron chi connectivity index (χ0n) is 20.1. The number of rotatable bonds is 9. The fourth-order valence-corrected chi connectivity index (χ4v) is 4.68. The summed E-state index contributed by atoms with van der Waals surface area (Å²) in [7, 11) is 0. The Labute approximate surface area is 205 Å². The average molecular weight is 467 g/mol. The lowest BCUT2D eigenvalue weighted by Gasteiger charge is -2.13.